The lowest BCUT2D eigenvalue weighted by Gasteiger charge is -2.29. The van der Waals surface area contributed by atoms with Crippen LogP contribution >= 0.6 is 23.2 Å². The van der Waals surface area contributed by atoms with Gasteiger partial charge in [-0.05, 0) is 38.5 Å². The second-order valence-electron chi connectivity index (χ2n) is 7.56. The lowest BCUT2D eigenvalue weighted by atomic mass is 9.96. The first-order chi connectivity index (χ1) is 13.1. The van der Waals surface area contributed by atoms with E-state index in [0.29, 0.717) is 29.7 Å². The average molecular weight is 434 g/mol. The SMILES string of the molecule is CC(C)(C)OC(=O)N1CCO[C@@H](c2ccc(Cl)c(Cl)c2)[C@@H](COCC(=O)O)C1. The Hall–Kier alpha value is -1.54. The van der Waals surface area contributed by atoms with Gasteiger partial charge in [0.1, 0.15) is 12.2 Å². The molecule has 1 heterocycles. The lowest BCUT2D eigenvalue weighted by Crippen LogP contribution is -2.41. The predicted octanol–water partition coefficient (Wildman–Crippen LogP) is 4.02. The number of aliphatic carboxylic acids is 1. The fourth-order valence-electron chi connectivity index (χ4n) is 2.88. The van der Waals surface area contributed by atoms with Gasteiger partial charge in [0.05, 0.1) is 29.4 Å². The molecule has 2 atom stereocenters. The van der Waals surface area contributed by atoms with E-state index in [2.05, 4.69) is 0 Å². The van der Waals surface area contributed by atoms with Crippen LogP contribution in [0.1, 0.15) is 32.4 Å². The van der Waals surface area contributed by atoms with E-state index in [1.165, 1.54) is 0 Å². The van der Waals surface area contributed by atoms with Gasteiger partial charge < -0.3 is 24.2 Å². The Bertz CT molecular complexity index is 706. The highest BCUT2D eigenvalue weighted by Crippen LogP contribution is 2.33. The van der Waals surface area contributed by atoms with Crippen molar-refractivity contribution >= 4 is 35.3 Å². The van der Waals surface area contributed by atoms with Gasteiger partial charge in [-0.2, -0.15) is 0 Å². The molecule has 0 saturated carbocycles. The Morgan fingerprint density at radius 1 is 1.29 bits per heavy atom. The number of halogens is 2. The number of carbonyl (C=O) groups is 2. The van der Waals surface area contributed by atoms with Gasteiger partial charge in [0.25, 0.3) is 0 Å². The van der Waals surface area contributed by atoms with Crippen LogP contribution < -0.4 is 0 Å². The Labute approximate surface area is 174 Å². The van der Waals surface area contributed by atoms with Crippen molar-refractivity contribution in [2.24, 2.45) is 5.92 Å². The molecule has 1 aliphatic heterocycles. The summed E-state index contributed by atoms with van der Waals surface area (Å²) in [5.41, 5.74) is 0.159. The van der Waals surface area contributed by atoms with Crippen LogP contribution in [0.25, 0.3) is 0 Å². The summed E-state index contributed by atoms with van der Waals surface area (Å²) in [5, 5.41) is 9.66. The van der Waals surface area contributed by atoms with Gasteiger partial charge in [0.2, 0.25) is 0 Å². The van der Waals surface area contributed by atoms with Gasteiger partial charge in [-0.1, -0.05) is 29.3 Å². The number of benzene rings is 1. The van der Waals surface area contributed by atoms with Gasteiger partial charge in [-0.15, -0.1) is 0 Å². The number of carboxylic acids is 1. The van der Waals surface area contributed by atoms with Crippen molar-refractivity contribution in [1.82, 2.24) is 4.90 Å². The van der Waals surface area contributed by atoms with Gasteiger partial charge >= 0.3 is 12.1 Å². The summed E-state index contributed by atoms with van der Waals surface area (Å²) >= 11 is 12.1. The highest BCUT2D eigenvalue weighted by atomic mass is 35.5. The monoisotopic (exact) mass is 433 g/mol. The third-order valence-electron chi connectivity index (χ3n) is 4.02. The normalized spacial score (nSPS) is 20.5. The van der Waals surface area contributed by atoms with Crippen molar-refractivity contribution in [3.8, 4) is 0 Å². The number of nitrogens with zero attached hydrogens (tertiary/aromatic N) is 1. The van der Waals surface area contributed by atoms with Gasteiger partial charge in [-0.25, -0.2) is 9.59 Å². The van der Waals surface area contributed by atoms with Crippen LogP contribution in [0.5, 0.6) is 0 Å². The Balaban J connectivity index is 2.21. The molecule has 156 valence electrons. The number of amides is 1. The zero-order valence-electron chi connectivity index (χ0n) is 16.1. The zero-order chi connectivity index (χ0) is 20.9. The van der Waals surface area contributed by atoms with Crippen LogP contribution in [0.3, 0.4) is 0 Å². The van der Waals surface area contributed by atoms with E-state index in [4.69, 9.17) is 42.5 Å². The van der Waals surface area contributed by atoms with Crippen LogP contribution in [0, 0.1) is 5.92 Å². The maximum absolute atomic E-state index is 12.5. The van der Waals surface area contributed by atoms with E-state index in [0.717, 1.165) is 5.56 Å². The molecular formula is C19H25Cl2NO6. The number of carbonyl (C=O) groups excluding carboxylic acids is 1. The van der Waals surface area contributed by atoms with Crippen molar-refractivity contribution in [1.29, 1.82) is 0 Å². The standard InChI is InChI=1S/C19H25Cl2NO6/c1-19(2,3)28-18(25)22-6-7-27-17(12-4-5-14(20)15(21)8-12)13(9-22)10-26-11-16(23)24/h4-5,8,13,17H,6-7,9-11H2,1-3H3,(H,23,24)/t13-,17+/m1/s1. The molecule has 0 spiro atoms. The number of hydrogen-bond acceptors (Lipinski definition) is 5. The Morgan fingerprint density at radius 3 is 2.61 bits per heavy atom. The second-order valence-corrected chi connectivity index (χ2v) is 8.37. The van der Waals surface area contributed by atoms with E-state index in [9.17, 15) is 9.59 Å². The summed E-state index contributed by atoms with van der Waals surface area (Å²) in [6, 6.07) is 5.18. The first kappa shape index (κ1) is 22.7. The maximum atomic E-state index is 12.5. The van der Waals surface area contributed by atoms with Crippen LogP contribution in [0.4, 0.5) is 4.79 Å². The Kier molecular flexibility index (Phi) is 7.95. The number of hydrogen-bond donors (Lipinski definition) is 1. The topological polar surface area (TPSA) is 85.3 Å². The third kappa shape index (κ3) is 6.81. The molecule has 1 aromatic rings. The van der Waals surface area contributed by atoms with Crippen LogP contribution in [-0.2, 0) is 19.0 Å². The lowest BCUT2D eigenvalue weighted by molar-refractivity contribution is -0.143. The predicted molar refractivity (Wildman–Crippen MR) is 105 cm³/mol. The molecule has 0 unspecified atom stereocenters. The van der Waals surface area contributed by atoms with Gasteiger partial charge in [0, 0.05) is 19.0 Å². The fraction of sp³-hybridized carbons (Fsp3) is 0.579. The summed E-state index contributed by atoms with van der Waals surface area (Å²) in [6.07, 6.45) is -0.884. The second kappa shape index (κ2) is 9.78. The molecule has 1 saturated heterocycles. The molecule has 1 N–H and O–H groups in total. The molecule has 0 aromatic heterocycles. The molecule has 1 aliphatic rings. The minimum absolute atomic E-state index is 0.0938. The molecule has 7 nitrogen and oxygen atoms in total. The van der Waals surface area contributed by atoms with Crippen LogP contribution in [0.15, 0.2) is 18.2 Å². The van der Waals surface area contributed by atoms with Crippen LogP contribution in [0.2, 0.25) is 10.0 Å². The quantitative estimate of drug-likeness (QED) is 0.754. The molecule has 28 heavy (non-hydrogen) atoms. The van der Waals surface area contributed by atoms with E-state index in [1.54, 1.807) is 43.9 Å². The molecule has 0 radical (unpaired) electrons. The number of rotatable bonds is 5. The number of carboxylic acid groups (broad SMARTS) is 1. The highest BCUT2D eigenvalue weighted by molar-refractivity contribution is 6.42. The summed E-state index contributed by atoms with van der Waals surface area (Å²) in [6.45, 7) is 5.98. The third-order valence-corrected chi connectivity index (χ3v) is 4.76. The molecule has 0 aliphatic carbocycles. The molecule has 0 bridgehead atoms. The summed E-state index contributed by atoms with van der Waals surface area (Å²) in [4.78, 5) is 24.9. The first-order valence-corrected chi connectivity index (χ1v) is 9.66. The van der Waals surface area contributed by atoms with Crippen LogP contribution in [-0.4, -0.2) is 60.6 Å². The fourth-order valence-corrected chi connectivity index (χ4v) is 3.19. The zero-order valence-corrected chi connectivity index (χ0v) is 17.6. The number of ether oxygens (including phenoxy) is 3. The van der Waals surface area contributed by atoms with Gasteiger partial charge in [-0.3, -0.25) is 0 Å². The molecular weight excluding hydrogens is 409 g/mol. The largest absolute Gasteiger partial charge is 0.480 e. The molecule has 1 amide bonds. The summed E-state index contributed by atoms with van der Waals surface area (Å²) < 4.78 is 16.8. The van der Waals surface area contributed by atoms with Crippen molar-refractivity contribution < 1.29 is 28.9 Å². The average Bonchev–Trinajstić information content (AvgIpc) is 2.78. The van der Waals surface area contributed by atoms with Crippen molar-refractivity contribution in [3.05, 3.63) is 33.8 Å². The minimum Gasteiger partial charge on any atom is -0.480 e. The molecule has 1 aromatic carbocycles. The van der Waals surface area contributed by atoms with E-state index < -0.39 is 30.4 Å². The van der Waals surface area contributed by atoms with Crippen molar-refractivity contribution in [2.45, 2.75) is 32.5 Å². The van der Waals surface area contributed by atoms with Crippen molar-refractivity contribution in [3.63, 3.8) is 0 Å². The molecule has 9 heteroatoms. The smallest absolute Gasteiger partial charge is 0.410 e. The van der Waals surface area contributed by atoms with Gasteiger partial charge in [0.15, 0.2) is 0 Å². The maximum Gasteiger partial charge on any atom is 0.410 e. The summed E-state index contributed by atoms with van der Waals surface area (Å²) in [7, 11) is 0. The first-order valence-electron chi connectivity index (χ1n) is 8.91. The van der Waals surface area contributed by atoms with E-state index >= 15 is 0 Å². The van der Waals surface area contributed by atoms with E-state index in [-0.39, 0.29) is 12.5 Å². The van der Waals surface area contributed by atoms with E-state index in [1.807, 2.05) is 0 Å². The molecule has 1 fully saturated rings. The van der Waals surface area contributed by atoms with Crippen molar-refractivity contribution in [2.75, 3.05) is 32.9 Å². The Morgan fingerprint density at radius 2 is 2.00 bits per heavy atom. The molecule has 2 rings (SSSR count). The minimum atomic E-state index is -1.07. The highest BCUT2D eigenvalue weighted by Gasteiger charge is 2.33. The summed E-state index contributed by atoms with van der Waals surface area (Å²) in [5.74, 6) is -1.38.